The first kappa shape index (κ1) is 13.9. The van der Waals surface area contributed by atoms with Crippen molar-refractivity contribution < 1.29 is 14.3 Å². The Morgan fingerprint density at radius 3 is 2.15 bits per heavy atom. The lowest BCUT2D eigenvalue weighted by molar-refractivity contribution is 0.172. The second-order valence-corrected chi connectivity index (χ2v) is 4.51. The summed E-state index contributed by atoms with van der Waals surface area (Å²) in [5, 5.41) is 0. The van der Waals surface area contributed by atoms with E-state index in [0.29, 0.717) is 12.4 Å². The number of carbonyl (C=O) groups is 1. The quantitative estimate of drug-likeness (QED) is 0.856. The van der Waals surface area contributed by atoms with Gasteiger partial charge in [0.25, 0.3) is 0 Å². The summed E-state index contributed by atoms with van der Waals surface area (Å²) >= 11 is 0. The third-order valence-electron chi connectivity index (χ3n) is 2.64. The molecule has 0 aromatic heterocycles. The molecule has 0 atom stereocenters. The predicted molar refractivity (Wildman–Crippen MR) is 76.9 cm³/mol. The molecule has 0 saturated carbocycles. The van der Waals surface area contributed by atoms with Crippen molar-refractivity contribution >= 4 is 6.09 Å². The molecule has 2 rings (SSSR count). The van der Waals surface area contributed by atoms with Crippen molar-refractivity contribution in [2.24, 2.45) is 0 Å². The Morgan fingerprint density at radius 2 is 1.55 bits per heavy atom. The molecule has 0 aliphatic heterocycles. The number of amides is 1. The van der Waals surface area contributed by atoms with E-state index in [1.165, 1.54) is 4.90 Å². The highest BCUT2D eigenvalue weighted by atomic mass is 16.6. The van der Waals surface area contributed by atoms with Crippen LogP contribution in [0.3, 0.4) is 0 Å². The molecule has 0 aliphatic rings. The molecule has 20 heavy (non-hydrogen) atoms. The lowest BCUT2D eigenvalue weighted by Crippen LogP contribution is -2.25. The van der Waals surface area contributed by atoms with Crippen LogP contribution in [0.15, 0.2) is 54.6 Å². The van der Waals surface area contributed by atoms with Crippen molar-refractivity contribution in [2.75, 3.05) is 14.1 Å². The van der Waals surface area contributed by atoms with Crippen LogP contribution in [0, 0.1) is 0 Å². The second-order valence-electron chi connectivity index (χ2n) is 4.51. The predicted octanol–water partition coefficient (Wildman–Crippen LogP) is 3.33. The molecule has 0 aliphatic carbocycles. The Labute approximate surface area is 118 Å². The van der Waals surface area contributed by atoms with Gasteiger partial charge in [-0.25, -0.2) is 4.79 Å². The van der Waals surface area contributed by atoms with E-state index in [1.54, 1.807) is 38.4 Å². The fraction of sp³-hybridized carbons (Fsp3) is 0.188. The topological polar surface area (TPSA) is 38.8 Å². The monoisotopic (exact) mass is 271 g/mol. The molecule has 0 heterocycles. The van der Waals surface area contributed by atoms with Crippen LogP contribution in [0.1, 0.15) is 5.56 Å². The average molecular weight is 271 g/mol. The summed E-state index contributed by atoms with van der Waals surface area (Å²) in [6, 6.07) is 16.9. The highest BCUT2D eigenvalue weighted by Gasteiger charge is 2.06. The molecule has 2 aromatic carbocycles. The molecule has 1 amide bonds. The molecule has 0 radical (unpaired) electrons. The smallest absolute Gasteiger partial charge is 0.414 e. The van der Waals surface area contributed by atoms with E-state index in [-0.39, 0.29) is 0 Å². The Balaban J connectivity index is 1.90. The number of hydrogen-bond acceptors (Lipinski definition) is 3. The number of benzene rings is 2. The minimum atomic E-state index is -0.400. The van der Waals surface area contributed by atoms with Gasteiger partial charge in [-0.2, -0.15) is 0 Å². The van der Waals surface area contributed by atoms with Crippen molar-refractivity contribution in [3.63, 3.8) is 0 Å². The van der Waals surface area contributed by atoms with Crippen LogP contribution in [0.4, 0.5) is 4.79 Å². The molecular weight excluding hydrogens is 254 g/mol. The van der Waals surface area contributed by atoms with E-state index in [1.807, 2.05) is 30.3 Å². The molecule has 104 valence electrons. The van der Waals surface area contributed by atoms with Gasteiger partial charge < -0.3 is 14.4 Å². The van der Waals surface area contributed by atoms with Crippen molar-refractivity contribution in [1.29, 1.82) is 0 Å². The number of rotatable bonds is 4. The number of nitrogens with zero attached hydrogens (tertiary/aromatic N) is 1. The first-order valence-corrected chi connectivity index (χ1v) is 6.31. The third kappa shape index (κ3) is 4.02. The highest BCUT2D eigenvalue weighted by molar-refractivity contribution is 5.69. The van der Waals surface area contributed by atoms with Crippen molar-refractivity contribution in [3.8, 4) is 11.5 Å². The molecular formula is C16H17NO3. The normalized spacial score (nSPS) is 9.90. The molecule has 4 heteroatoms. The summed E-state index contributed by atoms with van der Waals surface area (Å²) in [6.45, 7) is 0.512. The molecule has 0 unspecified atom stereocenters. The van der Waals surface area contributed by atoms with Gasteiger partial charge in [-0.05, 0) is 29.8 Å². The van der Waals surface area contributed by atoms with E-state index in [4.69, 9.17) is 9.47 Å². The van der Waals surface area contributed by atoms with Crippen molar-refractivity contribution in [1.82, 2.24) is 4.90 Å². The fourth-order valence-corrected chi connectivity index (χ4v) is 1.54. The maximum Gasteiger partial charge on any atom is 0.414 e. The van der Waals surface area contributed by atoms with Gasteiger partial charge in [-0.1, -0.05) is 30.3 Å². The molecule has 0 bridgehead atoms. The van der Waals surface area contributed by atoms with Crippen LogP contribution >= 0.6 is 0 Å². The Bertz CT molecular complexity index is 550. The lowest BCUT2D eigenvalue weighted by atomic mass is 10.2. The summed E-state index contributed by atoms with van der Waals surface area (Å²) in [7, 11) is 3.28. The number of hydrogen-bond donors (Lipinski definition) is 0. The Morgan fingerprint density at radius 1 is 0.950 bits per heavy atom. The van der Waals surface area contributed by atoms with Crippen molar-refractivity contribution in [3.05, 3.63) is 60.2 Å². The van der Waals surface area contributed by atoms with Crippen LogP contribution in [-0.2, 0) is 6.61 Å². The van der Waals surface area contributed by atoms with Gasteiger partial charge in [-0.3, -0.25) is 0 Å². The highest BCUT2D eigenvalue weighted by Crippen LogP contribution is 2.19. The van der Waals surface area contributed by atoms with E-state index in [9.17, 15) is 4.79 Å². The molecule has 2 aromatic rings. The maximum atomic E-state index is 11.4. The van der Waals surface area contributed by atoms with E-state index in [0.717, 1.165) is 11.3 Å². The first-order chi connectivity index (χ1) is 9.65. The van der Waals surface area contributed by atoms with Crippen LogP contribution in [0.25, 0.3) is 0 Å². The van der Waals surface area contributed by atoms with Gasteiger partial charge in [0.1, 0.15) is 18.1 Å². The largest absolute Gasteiger partial charge is 0.489 e. The minimum absolute atomic E-state index is 0.400. The average Bonchev–Trinajstić information content (AvgIpc) is 2.47. The molecule has 4 nitrogen and oxygen atoms in total. The summed E-state index contributed by atoms with van der Waals surface area (Å²) in [6.07, 6.45) is -0.400. The van der Waals surface area contributed by atoms with Gasteiger partial charge in [-0.15, -0.1) is 0 Å². The van der Waals surface area contributed by atoms with E-state index < -0.39 is 6.09 Å². The maximum absolute atomic E-state index is 11.4. The summed E-state index contributed by atoms with van der Waals surface area (Å²) < 4.78 is 10.8. The summed E-state index contributed by atoms with van der Waals surface area (Å²) in [5.41, 5.74) is 1.11. The number of carbonyl (C=O) groups excluding carboxylic acids is 1. The van der Waals surface area contributed by atoms with Gasteiger partial charge in [0.15, 0.2) is 0 Å². The standard InChI is InChI=1S/C16H17NO3/c1-17(2)16(18)20-15-10-8-14(9-11-15)19-12-13-6-4-3-5-7-13/h3-11H,12H2,1-2H3. The SMILES string of the molecule is CN(C)C(=O)Oc1ccc(OCc2ccccc2)cc1. The molecule has 0 spiro atoms. The lowest BCUT2D eigenvalue weighted by Gasteiger charge is -2.11. The molecule has 0 fully saturated rings. The number of ether oxygens (including phenoxy) is 2. The summed E-state index contributed by atoms with van der Waals surface area (Å²) in [5.74, 6) is 1.23. The van der Waals surface area contributed by atoms with Crippen LogP contribution in [-0.4, -0.2) is 25.1 Å². The van der Waals surface area contributed by atoms with E-state index >= 15 is 0 Å². The van der Waals surface area contributed by atoms with Gasteiger partial charge >= 0.3 is 6.09 Å². The van der Waals surface area contributed by atoms with Gasteiger partial charge in [0, 0.05) is 14.1 Å². The molecule has 0 N–H and O–H groups in total. The Kier molecular flexibility index (Phi) is 4.60. The van der Waals surface area contributed by atoms with Crippen molar-refractivity contribution in [2.45, 2.75) is 6.61 Å². The van der Waals surface area contributed by atoms with Crippen LogP contribution < -0.4 is 9.47 Å². The minimum Gasteiger partial charge on any atom is -0.489 e. The van der Waals surface area contributed by atoms with Gasteiger partial charge in [0.2, 0.25) is 0 Å². The zero-order valence-corrected chi connectivity index (χ0v) is 11.6. The molecule has 0 saturated heterocycles. The fourth-order valence-electron chi connectivity index (χ4n) is 1.54. The van der Waals surface area contributed by atoms with E-state index in [2.05, 4.69) is 0 Å². The first-order valence-electron chi connectivity index (χ1n) is 6.31. The van der Waals surface area contributed by atoms with Gasteiger partial charge in [0.05, 0.1) is 0 Å². The zero-order valence-electron chi connectivity index (χ0n) is 11.6. The Hall–Kier alpha value is -2.49. The third-order valence-corrected chi connectivity index (χ3v) is 2.64. The zero-order chi connectivity index (χ0) is 14.4. The summed E-state index contributed by atoms with van der Waals surface area (Å²) in [4.78, 5) is 12.8. The van der Waals surface area contributed by atoms with Crippen LogP contribution in [0.5, 0.6) is 11.5 Å². The van der Waals surface area contributed by atoms with Crippen LogP contribution in [0.2, 0.25) is 0 Å². The second kappa shape index (κ2) is 6.61.